The quantitative estimate of drug-likeness (QED) is 0.861. The van der Waals surface area contributed by atoms with E-state index in [4.69, 9.17) is 0 Å². The Bertz CT molecular complexity index is 416. The number of carbonyl (C=O) groups is 2. The van der Waals surface area contributed by atoms with Gasteiger partial charge in [-0.25, -0.2) is 0 Å². The maximum absolute atomic E-state index is 11.5. The van der Waals surface area contributed by atoms with Crippen molar-refractivity contribution < 1.29 is 9.59 Å². The molecule has 2 N–H and O–H groups in total. The highest BCUT2D eigenvalue weighted by Gasteiger charge is 2.07. The molecular weight excluding hydrogens is 248 g/mol. The van der Waals surface area contributed by atoms with Crippen LogP contribution in [0.25, 0.3) is 0 Å². The van der Waals surface area contributed by atoms with E-state index in [1.54, 1.807) is 24.3 Å². The zero-order valence-corrected chi connectivity index (χ0v) is 11.6. The maximum Gasteiger partial charge on any atom is 0.234 e. The largest absolute Gasteiger partial charge is 0.326 e. The summed E-state index contributed by atoms with van der Waals surface area (Å²) in [6, 6.07) is 7.09. The summed E-state index contributed by atoms with van der Waals surface area (Å²) in [6.45, 7) is 3.68. The van der Waals surface area contributed by atoms with Gasteiger partial charge in [-0.1, -0.05) is 13.8 Å². The van der Waals surface area contributed by atoms with E-state index in [0.29, 0.717) is 5.75 Å². The summed E-state index contributed by atoms with van der Waals surface area (Å²) in [5.41, 5.74) is 1.47. The number of thioether (sulfide) groups is 1. The highest BCUT2D eigenvalue weighted by atomic mass is 32.2. The first-order valence-corrected chi connectivity index (χ1v) is 7.12. The normalized spacial score (nSPS) is 10.2. The fourth-order valence-electron chi connectivity index (χ4n) is 1.25. The molecule has 2 amide bonds. The van der Waals surface area contributed by atoms with Crippen LogP contribution in [-0.4, -0.2) is 23.8 Å². The predicted octanol–water partition coefficient (Wildman–Crippen LogP) is 2.58. The molecule has 0 atom stereocenters. The average molecular weight is 266 g/mol. The minimum Gasteiger partial charge on any atom is -0.326 e. The van der Waals surface area contributed by atoms with Gasteiger partial charge in [0, 0.05) is 17.3 Å². The lowest BCUT2D eigenvalue weighted by Gasteiger charge is -2.09. The second kappa shape index (κ2) is 7.06. The van der Waals surface area contributed by atoms with Crippen molar-refractivity contribution in [3.8, 4) is 0 Å². The summed E-state index contributed by atoms with van der Waals surface area (Å²) in [7, 11) is 0. The summed E-state index contributed by atoms with van der Waals surface area (Å²) < 4.78 is 0. The van der Waals surface area contributed by atoms with Crippen LogP contribution < -0.4 is 10.6 Å². The summed E-state index contributed by atoms with van der Waals surface area (Å²) in [6.07, 6.45) is 1.88. The van der Waals surface area contributed by atoms with Crippen LogP contribution in [0.4, 0.5) is 11.4 Å². The van der Waals surface area contributed by atoms with E-state index in [9.17, 15) is 9.59 Å². The van der Waals surface area contributed by atoms with Crippen molar-refractivity contribution in [3.63, 3.8) is 0 Å². The first-order valence-electron chi connectivity index (χ1n) is 5.72. The Kier molecular flexibility index (Phi) is 5.71. The smallest absolute Gasteiger partial charge is 0.234 e. The minimum atomic E-state index is -0.0500. The summed E-state index contributed by atoms with van der Waals surface area (Å²) in [4.78, 5) is 22.8. The van der Waals surface area contributed by atoms with Crippen LogP contribution in [0.1, 0.15) is 13.8 Å². The third-order valence-corrected chi connectivity index (χ3v) is 2.79. The number of benzene rings is 1. The molecule has 5 heteroatoms. The average Bonchev–Trinajstić information content (AvgIpc) is 2.31. The zero-order valence-electron chi connectivity index (χ0n) is 10.8. The van der Waals surface area contributed by atoms with Gasteiger partial charge in [0.2, 0.25) is 11.8 Å². The number of hydrogen-bond donors (Lipinski definition) is 2. The number of nitrogens with one attached hydrogen (secondary N) is 2. The fourth-order valence-corrected chi connectivity index (χ4v) is 1.59. The summed E-state index contributed by atoms with van der Waals surface area (Å²) >= 11 is 1.47. The van der Waals surface area contributed by atoms with E-state index in [1.165, 1.54) is 11.8 Å². The molecule has 98 valence electrons. The molecule has 0 spiro atoms. The lowest BCUT2D eigenvalue weighted by molar-refractivity contribution is -0.119. The van der Waals surface area contributed by atoms with Crippen LogP contribution >= 0.6 is 11.8 Å². The monoisotopic (exact) mass is 266 g/mol. The van der Waals surface area contributed by atoms with Gasteiger partial charge in [0.15, 0.2) is 0 Å². The number of rotatable bonds is 5. The highest BCUT2D eigenvalue weighted by Crippen LogP contribution is 2.14. The van der Waals surface area contributed by atoms with Gasteiger partial charge in [-0.3, -0.25) is 9.59 Å². The van der Waals surface area contributed by atoms with Crippen molar-refractivity contribution >= 4 is 35.0 Å². The molecule has 0 aliphatic carbocycles. The van der Waals surface area contributed by atoms with E-state index in [2.05, 4.69) is 10.6 Å². The zero-order chi connectivity index (χ0) is 13.5. The standard InChI is InChI=1S/C13H18N2O2S/c1-9(2)13(17)15-11-6-4-10(5-7-11)14-12(16)8-18-3/h4-7,9H,8H2,1-3H3,(H,14,16)(H,15,17). The van der Waals surface area contributed by atoms with Crippen molar-refractivity contribution in [2.24, 2.45) is 5.92 Å². The molecule has 0 heterocycles. The molecule has 1 aromatic carbocycles. The molecule has 0 saturated heterocycles. The van der Waals surface area contributed by atoms with Crippen LogP contribution in [-0.2, 0) is 9.59 Å². The summed E-state index contributed by atoms with van der Waals surface area (Å²) in [5.74, 6) is 0.341. The second-order valence-electron chi connectivity index (χ2n) is 4.20. The molecule has 4 nitrogen and oxygen atoms in total. The Balaban J connectivity index is 2.57. The third-order valence-electron chi connectivity index (χ3n) is 2.24. The number of anilines is 2. The van der Waals surface area contributed by atoms with Crippen molar-refractivity contribution in [2.75, 3.05) is 22.6 Å². The Hall–Kier alpha value is -1.49. The molecule has 0 aromatic heterocycles. The number of carbonyl (C=O) groups excluding carboxylic acids is 2. The Morgan fingerprint density at radius 1 is 1.11 bits per heavy atom. The van der Waals surface area contributed by atoms with Gasteiger partial charge in [0.1, 0.15) is 0 Å². The molecular formula is C13H18N2O2S. The molecule has 1 aromatic rings. The van der Waals surface area contributed by atoms with Gasteiger partial charge in [-0.15, -0.1) is 0 Å². The van der Waals surface area contributed by atoms with Gasteiger partial charge < -0.3 is 10.6 Å². The van der Waals surface area contributed by atoms with Crippen LogP contribution in [0, 0.1) is 5.92 Å². The van der Waals surface area contributed by atoms with Gasteiger partial charge in [-0.2, -0.15) is 11.8 Å². The Labute approximate surface area is 112 Å². The lowest BCUT2D eigenvalue weighted by Crippen LogP contribution is -2.17. The van der Waals surface area contributed by atoms with E-state index < -0.39 is 0 Å². The highest BCUT2D eigenvalue weighted by molar-refractivity contribution is 7.99. The first-order chi connectivity index (χ1) is 8.52. The molecule has 0 bridgehead atoms. The topological polar surface area (TPSA) is 58.2 Å². The van der Waals surface area contributed by atoms with Gasteiger partial charge in [0.25, 0.3) is 0 Å². The van der Waals surface area contributed by atoms with Crippen LogP contribution in [0.3, 0.4) is 0 Å². The number of amides is 2. The lowest BCUT2D eigenvalue weighted by atomic mass is 10.2. The molecule has 0 unspecified atom stereocenters. The van der Waals surface area contributed by atoms with E-state index in [1.807, 2.05) is 20.1 Å². The first kappa shape index (κ1) is 14.6. The van der Waals surface area contributed by atoms with Crippen LogP contribution in [0.15, 0.2) is 24.3 Å². The number of hydrogen-bond acceptors (Lipinski definition) is 3. The van der Waals surface area contributed by atoms with Crippen molar-refractivity contribution in [2.45, 2.75) is 13.8 Å². The van der Waals surface area contributed by atoms with Crippen molar-refractivity contribution in [3.05, 3.63) is 24.3 Å². The molecule has 0 aliphatic rings. The van der Waals surface area contributed by atoms with Gasteiger partial charge >= 0.3 is 0 Å². The predicted molar refractivity (Wildman–Crippen MR) is 76.9 cm³/mol. The molecule has 0 fully saturated rings. The fraction of sp³-hybridized carbons (Fsp3) is 0.385. The van der Waals surface area contributed by atoms with E-state index in [-0.39, 0.29) is 17.7 Å². The molecule has 0 radical (unpaired) electrons. The Morgan fingerprint density at radius 3 is 2.06 bits per heavy atom. The minimum absolute atomic E-state index is 0.0193. The van der Waals surface area contributed by atoms with Crippen molar-refractivity contribution in [1.82, 2.24) is 0 Å². The second-order valence-corrected chi connectivity index (χ2v) is 5.07. The van der Waals surface area contributed by atoms with E-state index >= 15 is 0 Å². The van der Waals surface area contributed by atoms with Gasteiger partial charge in [0.05, 0.1) is 5.75 Å². The molecule has 0 aliphatic heterocycles. The molecule has 1 rings (SSSR count). The summed E-state index contributed by atoms with van der Waals surface area (Å²) in [5, 5.41) is 5.56. The molecule has 18 heavy (non-hydrogen) atoms. The van der Waals surface area contributed by atoms with Gasteiger partial charge in [-0.05, 0) is 30.5 Å². The van der Waals surface area contributed by atoms with Crippen LogP contribution in [0.2, 0.25) is 0 Å². The van der Waals surface area contributed by atoms with E-state index in [0.717, 1.165) is 11.4 Å². The maximum atomic E-state index is 11.5. The van der Waals surface area contributed by atoms with Crippen LogP contribution in [0.5, 0.6) is 0 Å². The van der Waals surface area contributed by atoms with Crippen molar-refractivity contribution in [1.29, 1.82) is 0 Å². The Morgan fingerprint density at radius 2 is 1.61 bits per heavy atom. The third kappa shape index (κ3) is 4.79. The SMILES string of the molecule is CSCC(=O)Nc1ccc(NC(=O)C(C)C)cc1. The molecule has 0 saturated carbocycles.